The number of hydrogen-bond acceptors (Lipinski definition) is 15. The normalized spacial score (nSPS) is 14.1. The molecular weight excluding hydrogens is 1160 g/mol. The number of nitrogens with one attached hydrogen (secondary N) is 7. The van der Waals surface area contributed by atoms with Gasteiger partial charge in [0.05, 0.1) is 17.6 Å². The number of alkyl carbamates (subject to hydrolysis) is 1. The summed E-state index contributed by atoms with van der Waals surface area (Å²) in [6.07, 6.45) is 10.6. The lowest BCUT2D eigenvalue weighted by Crippen LogP contribution is -2.54. The van der Waals surface area contributed by atoms with Crippen molar-refractivity contribution in [2.75, 3.05) is 56.4 Å². The molecule has 25 heteroatoms. The Morgan fingerprint density at radius 3 is 2.13 bits per heavy atom. The summed E-state index contributed by atoms with van der Waals surface area (Å²) in [5.74, 6) is -2.89. The van der Waals surface area contributed by atoms with E-state index in [0.29, 0.717) is 109 Å². The fourth-order valence-electron chi connectivity index (χ4n) is 10.6. The highest BCUT2D eigenvalue weighted by Crippen LogP contribution is 2.30. The van der Waals surface area contributed by atoms with E-state index in [1.807, 2.05) is 43.0 Å². The Morgan fingerprint density at radius 2 is 1.43 bits per heavy atom. The molecule has 4 aromatic rings. The van der Waals surface area contributed by atoms with Crippen molar-refractivity contribution in [2.24, 2.45) is 22.4 Å². The molecule has 7 rings (SSSR count). The fourth-order valence-corrected chi connectivity index (χ4v) is 10.6. The maximum Gasteiger partial charge on any atom is 0.407 e. The van der Waals surface area contributed by atoms with Crippen molar-refractivity contribution in [3.05, 3.63) is 136 Å². The number of aliphatic imine (C=N–C) groups is 1. The number of anilines is 2. The van der Waals surface area contributed by atoms with Crippen LogP contribution in [0.15, 0.2) is 102 Å². The van der Waals surface area contributed by atoms with Crippen LogP contribution in [-0.4, -0.2) is 143 Å². The predicted octanol–water partition coefficient (Wildman–Crippen LogP) is 5.86. The van der Waals surface area contributed by atoms with Crippen LogP contribution in [0.2, 0.25) is 0 Å². The molecule has 3 aliphatic heterocycles. The van der Waals surface area contributed by atoms with E-state index in [0.717, 1.165) is 47.5 Å². The van der Waals surface area contributed by atoms with Crippen LogP contribution in [0.25, 0.3) is 6.08 Å². The van der Waals surface area contributed by atoms with Crippen LogP contribution in [0.5, 0.6) is 0 Å². The first-order valence-electron chi connectivity index (χ1n) is 31.1. The molecular formula is C66H84N14O11. The molecule has 4 heterocycles. The minimum absolute atomic E-state index is 0.0592. The lowest BCUT2D eigenvalue weighted by atomic mass is 10.0. The largest absolute Gasteiger partial charge is 0.445 e. The van der Waals surface area contributed by atoms with Gasteiger partial charge in [-0.3, -0.25) is 53.1 Å². The highest BCUT2D eigenvalue weighted by molar-refractivity contribution is 6.13. The van der Waals surface area contributed by atoms with E-state index in [1.165, 1.54) is 12.2 Å². The number of fused-ring (bicyclic) bond motifs is 2. The van der Waals surface area contributed by atoms with E-state index in [2.05, 4.69) is 52.1 Å². The van der Waals surface area contributed by atoms with Gasteiger partial charge in [0.25, 0.3) is 23.6 Å². The van der Waals surface area contributed by atoms with Crippen LogP contribution < -0.4 is 48.7 Å². The molecule has 1 aromatic heterocycles. The van der Waals surface area contributed by atoms with E-state index in [1.54, 1.807) is 74.6 Å². The molecule has 11 N–H and O–H groups in total. The molecule has 0 aliphatic carbocycles. The summed E-state index contributed by atoms with van der Waals surface area (Å²) in [5.41, 5.74) is 18.6. The molecule has 0 unspecified atom stereocenters. The summed E-state index contributed by atoms with van der Waals surface area (Å²) in [6.45, 7) is 11.6. The predicted molar refractivity (Wildman–Crippen MR) is 344 cm³/mol. The minimum Gasteiger partial charge on any atom is -0.445 e. The Balaban J connectivity index is 0.807. The molecule has 0 saturated heterocycles. The molecule has 2 atom stereocenters. The molecule has 0 radical (unpaired) electrons. The van der Waals surface area contributed by atoms with Gasteiger partial charge < -0.3 is 58.3 Å². The topological polar surface area (TPSA) is 351 Å². The number of hydrogen-bond donors (Lipinski definition) is 9. The third-order valence-corrected chi connectivity index (χ3v) is 15.4. The van der Waals surface area contributed by atoms with Gasteiger partial charge in [-0.15, -0.1) is 0 Å². The summed E-state index contributed by atoms with van der Waals surface area (Å²) >= 11 is 0. The zero-order valence-corrected chi connectivity index (χ0v) is 52.2. The number of primary amides is 1. The van der Waals surface area contributed by atoms with Gasteiger partial charge in [-0.2, -0.15) is 0 Å². The summed E-state index contributed by atoms with van der Waals surface area (Å²) in [5, 5.41) is 19.3. The molecule has 3 aliphatic rings. The molecule has 3 aromatic carbocycles. The maximum atomic E-state index is 13.7. The highest BCUT2D eigenvalue weighted by Gasteiger charge is 2.30. The van der Waals surface area contributed by atoms with Crippen molar-refractivity contribution >= 4 is 88.4 Å². The zero-order valence-electron chi connectivity index (χ0n) is 52.2. The molecule has 0 fully saturated rings. The quantitative estimate of drug-likeness (QED) is 0.0204. The Morgan fingerprint density at radius 1 is 0.725 bits per heavy atom. The second kappa shape index (κ2) is 34.3. The number of ether oxygens (including phenoxy) is 1. The van der Waals surface area contributed by atoms with Gasteiger partial charge in [-0.25, -0.2) is 14.6 Å². The number of benzene rings is 3. The van der Waals surface area contributed by atoms with Gasteiger partial charge in [-0.05, 0) is 116 Å². The first kappa shape index (κ1) is 68.7. The van der Waals surface area contributed by atoms with Crippen LogP contribution in [0.4, 0.5) is 26.7 Å². The van der Waals surface area contributed by atoms with E-state index >= 15 is 0 Å². The van der Waals surface area contributed by atoms with Crippen molar-refractivity contribution in [1.29, 1.82) is 0 Å². The Bertz CT molecular complexity index is 3360. The number of amides is 11. The third kappa shape index (κ3) is 21.2. The monoisotopic (exact) mass is 1250 g/mol. The zero-order chi connectivity index (χ0) is 65.4. The van der Waals surface area contributed by atoms with Crippen LogP contribution in [0.3, 0.4) is 0 Å². The van der Waals surface area contributed by atoms with Crippen molar-refractivity contribution < 1.29 is 52.7 Å². The van der Waals surface area contributed by atoms with Gasteiger partial charge in [0.1, 0.15) is 24.5 Å². The highest BCUT2D eigenvalue weighted by atomic mass is 16.5. The van der Waals surface area contributed by atoms with Gasteiger partial charge in [0, 0.05) is 124 Å². The summed E-state index contributed by atoms with van der Waals surface area (Å²) in [4.78, 5) is 142. The number of aromatic nitrogens is 1. The van der Waals surface area contributed by atoms with Gasteiger partial charge in [0.15, 0.2) is 0 Å². The fraction of sp³-hybridized carbons (Fsp3) is 0.424. The standard InChI is InChI=1S/C66H84N14O11/c1-5-30-79(31-6-2)64(88)48-34-46-20-21-47(36-54(46)75-55(67)37-48)61(85)74-51-35-49-40-78(33-26-52(49)72-38-51)39-43-14-18-45(19-15-43)60(84)69-28-29-71-66(90)91-41-44-16-22-50(23-17-44)73-62(86)53(12-9-10-27-70-65(68)89)76-63(87)59(42(3)4)77-56(81)13-8-7-11-32-80-57(82)24-25-58(80)83/h14-25,34-36,38,42,53,59H,5-13,26-33,37,39-41H2,1-4H3,(H2,67,75)(H,69,84)(H,71,90)(H,73,86)(H,74,85)(H,76,87)(H,77,81)(H3,68,70,89)/t53-,59-/m0/s1. The molecule has 0 spiro atoms. The number of pyridine rings is 1. The average molecular weight is 1250 g/mol. The second-order valence-electron chi connectivity index (χ2n) is 23.0. The minimum atomic E-state index is -1.02. The van der Waals surface area contributed by atoms with Crippen LogP contribution in [0, 0.1) is 5.92 Å². The van der Waals surface area contributed by atoms with Gasteiger partial charge in [0.2, 0.25) is 23.6 Å². The van der Waals surface area contributed by atoms with Crippen LogP contribution >= 0.6 is 0 Å². The number of urea groups is 1. The Labute approximate surface area is 530 Å². The Hall–Kier alpha value is -9.78. The van der Waals surface area contributed by atoms with Crippen LogP contribution in [-0.2, 0) is 59.6 Å². The lowest BCUT2D eigenvalue weighted by Gasteiger charge is -2.28. The molecule has 91 heavy (non-hydrogen) atoms. The first-order chi connectivity index (χ1) is 43.8. The van der Waals surface area contributed by atoms with Gasteiger partial charge in [-0.1, -0.05) is 64.4 Å². The molecule has 0 bridgehead atoms. The number of rotatable bonds is 32. The first-order valence-corrected chi connectivity index (χ1v) is 31.1. The van der Waals surface area contributed by atoms with Crippen LogP contribution in [0.1, 0.15) is 141 Å². The van der Waals surface area contributed by atoms with Crippen molar-refractivity contribution in [3.63, 3.8) is 0 Å². The second-order valence-corrected chi connectivity index (χ2v) is 23.0. The maximum absolute atomic E-state index is 13.7. The van der Waals surface area contributed by atoms with E-state index in [-0.39, 0.29) is 93.4 Å². The van der Waals surface area contributed by atoms with E-state index < -0.39 is 36.0 Å². The number of carbonyl (C=O) groups excluding carboxylic acids is 10. The molecule has 484 valence electrons. The smallest absolute Gasteiger partial charge is 0.407 e. The number of nitrogens with two attached hydrogens (primary N) is 2. The summed E-state index contributed by atoms with van der Waals surface area (Å²) in [6, 6.07) is 18.3. The molecule has 25 nitrogen and oxygen atoms in total. The average Bonchev–Trinajstić information content (AvgIpc) is 1.90. The number of unbranched alkanes of at least 4 members (excludes halogenated alkanes) is 3. The number of nitrogens with zero attached hydrogens (tertiary/aromatic N) is 5. The van der Waals surface area contributed by atoms with Crippen molar-refractivity contribution in [3.8, 4) is 0 Å². The molecule has 0 saturated carbocycles. The van der Waals surface area contributed by atoms with Crippen molar-refractivity contribution in [2.45, 2.75) is 130 Å². The number of amidine groups is 1. The lowest BCUT2D eigenvalue weighted by molar-refractivity contribution is -0.137. The Kier molecular flexibility index (Phi) is 25.9. The third-order valence-electron chi connectivity index (χ3n) is 15.4. The summed E-state index contributed by atoms with van der Waals surface area (Å²) in [7, 11) is 0. The SMILES string of the molecule is CCCN(CCC)C(=O)C1=Cc2ccc(C(=O)Nc3cnc4c(c3)CN(Cc3ccc(C(=O)NCCNC(=O)OCc5ccc(NC(=O)[C@H](CCCCNC(N)=O)NC(=O)[C@@H](NC(=O)CCCCCN6C(=O)C=CC6=O)C(C)C)cc5)cc3)CC4)cc2N=C(N)C1. The van der Waals surface area contributed by atoms with E-state index in [4.69, 9.17) is 16.2 Å². The number of imide groups is 1. The van der Waals surface area contributed by atoms with Gasteiger partial charge >= 0.3 is 12.1 Å². The van der Waals surface area contributed by atoms with Crippen molar-refractivity contribution in [1.82, 2.24) is 46.3 Å². The molecule has 11 amide bonds. The summed E-state index contributed by atoms with van der Waals surface area (Å²) < 4.78 is 5.38. The number of carbonyl (C=O) groups is 10. The van der Waals surface area contributed by atoms with E-state index in [9.17, 15) is 47.9 Å².